The van der Waals surface area contributed by atoms with E-state index in [0.717, 1.165) is 33.8 Å². The highest BCUT2D eigenvalue weighted by atomic mass is 35.5. The number of aromatic nitrogens is 3. The van der Waals surface area contributed by atoms with Gasteiger partial charge in [0.15, 0.2) is 10.3 Å². The van der Waals surface area contributed by atoms with E-state index in [-0.39, 0.29) is 5.91 Å². The third-order valence-corrected chi connectivity index (χ3v) is 6.96. The molecule has 0 unspecified atom stereocenters. The lowest BCUT2D eigenvalue weighted by molar-refractivity contribution is -0.115. The van der Waals surface area contributed by atoms with Gasteiger partial charge in [0, 0.05) is 29.3 Å². The minimum atomic E-state index is -0.132. The Morgan fingerprint density at radius 2 is 1.82 bits per heavy atom. The summed E-state index contributed by atoms with van der Waals surface area (Å²) in [7, 11) is 0. The first-order valence-corrected chi connectivity index (χ1v) is 12.6. The third-order valence-electron chi connectivity index (χ3n) is 4.92. The molecule has 0 fully saturated rings. The molecule has 33 heavy (non-hydrogen) atoms. The number of halogens is 1. The molecule has 2 aromatic heterocycles. The van der Waals surface area contributed by atoms with Crippen molar-refractivity contribution in [2.24, 2.45) is 0 Å². The van der Waals surface area contributed by atoms with Gasteiger partial charge in [-0.1, -0.05) is 59.8 Å². The minimum absolute atomic E-state index is 0.132. The molecule has 0 bridgehead atoms. The fourth-order valence-corrected chi connectivity index (χ4v) is 5.73. The molecule has 5 nitrogen and oxygen atoms in total. The van der Waals surface area contributed by atoms with Crippen LogP contribution in [0.3, 0.4) is 0 Å². The number of rotatable bonds is 6. The van der Waals surface area contributed by atoms with Crippen LogP contribution >= 0.6 is 34.7 Å². The SMILES string of the molecule is CC(=O)N(c1nc(CSc2nc(C)cc(-c3ccccc3)n2)cs1)c1c(C)cc(C)cc1Cl. The van der Waals surface area contributed by atoms with E-state index in [4.69, 9.17) is 21.6 Å². The van der Waals surface area contributed by atoms with Gasteiger partial charge in [-0.15, -0.1) is 11.3 Å². The summed E-state index contributed by atoms with van der Waals surface area (Å²) >= 11 is 9.46. The Kier molecular flexibility index (Phi) is 7.12. The molecule has 2 aromatic carbocycles. The fraction of sp³-hybridized carbons (Fsp3) is 0.200. The monoisotopic (exact) mass is 494 g/mol. The van der Waals surface area contributed by atoms with E-state index in [1.807, 2.05) is 74.7 Å². The number of carbonyl (C=O) groups excluding carboxylic acids is 1. The van der Waals surface area contributed by atoms with E-state index >= 15 is 0 Å². The zero-order valence-electron chi connectivity index (χ0n) is 18.8. The molecule has 0 atom stereocenters. The number of thiazole rings is 1. The summed E-state index contributed by atoms with van der Waals surface area (Å²) < 4.78 is 0. The number of amides is 1. The number of aryl methyl sites for hydroxylation is 3. The van der Waals surface area contributed by atoms with Crippen LogP contribution in [0.4, 0.5) is 10.8 Å². The molecule has 0 aliphatic rings. The van der Waals surface area contributed by atoms with Crippen molar-refractivity contribution in [3.05, 3.63) is 81.4 Å². The van der Waals surface area contributed by atoms with Gasteiger partial charge >= 0.3 is 0 Å². The second-order valence-corrected chi connectivity index (χ2v) is 9.91. The van der Waals surface area contributed by atoms with Gasteiger partial charge in [0.1, 0.15) is 0 Å². The molecule has 0 aliphatic carbocycles. The molecule has 0 saturated heterocycles. The van der Waals surface area contributed by atoms with Crippen LogP contribution in [0.5, 0.6) is 0 Å². The van der Waals surface area contributed by atoms with Crippen LogP contribution in [-0.2, 0) is 10.5 Å². The number of nitrogens with zero attached hydrogens (tertiary/aromatic N) is 4. The van der Waals surface area contributed by atoms with Crippen molar-refractivity contribution in [3.8, 4) is 11.3 Å². The number of thioether (sulfide) groups is 1. The molecule has 4 aromatic rings. The second kappa shape index (κ2) is 10.0. The standard InChI is InChI=1S/C25H23ClN4OS2/c1-15-10-16(2)23(21(26)11-15)30(18(4)31)25-28-20(14-33-25)13-32-24-27-17(3)12-22(29-24)19-8-6-5-7-9-19/h5-12,14H,13H2,1-4H3. The average Bonchev–Trinajstić information content (AvgIpc) is 3.23. The molecule has 168 valence electrons. The van der Waals surface area contributed by atoms with Crippen molar-refractivity contribution >= 4 is 51.4 Å². The largest absolute Gasteiger partial charge is 0.274 e. The minimum Gasteiger partial charge on any atom is -0.274 e. The van der Waals surface area contributed by atoms with Gasteiger partial charge in [0.05, 0.1) is 22.1 Å². The molecule has 0 N–H and O–H groups in total. The summed E-state index contributed by atoms with van der Waals surface area (Å²) in [4.78, 5) is 28.1. The first-order valence-electron chi connectivity index (χ1n) is 10.4. The highest BCUT2D eigenvalue weighted by Gasteiger charge is 2.22. The predicted molar refractivity (Wildman–Crippen MR) is 138 cm³/mol. The topological polar surface area (TPSA) is 59.0 Å². The van der Waals surface area contributed by atoms with Crippen LogP contribution in [-0.4, -0.2) is 20.9 Å². The van der Waals surface area contributed by atoms with Crippen LogP contribution in [0.25, 0.3) is 11.3 Å². The lowest BCUT2D eigenvalue weighted by Gasteiger charge is -2.22. The van der Waals surface area contributed by atoms with Gasteiger partial charge in [-0.05, 0) is 44.0 Å². The van der Waals surface area contributed by atoms with Crippen LogP contribution in [0.2, 0.25) is 5.02 Å². The number of benzene rings is 2. The quantitative estimate of drug-likeness (QED) is 0.210. The van der Waals surface area contributed by atoms with Crippen molar-refractivity contribution in [2.75, 3.05) is 4.90 Å². The molecular weight excluding hydrogens is 472 g/mol. The van der Waals surface area contributed by atoms with E-state index in [1.54, 1.807) is 4.90 Å². The first-order chi connectivity index (χ1) is 15.8. The second-order valence-electron chi connectivity index (χ2n) is 7.72. The number of anilines is 2. The van der Waals surface area contributed by atoms with E-state index < -0.39 is 0 Å². The Hall–Kier alpha value is -2.74. The molecular formula is C25H23ClN4OS2. The van der Waals surface area contributed by atoms with Gasteiger partial charge in [-0.2, -0.15) is 0 Å². The zero-order chi connectivity index (χ0) is 23.5. The van der Waals surface area contributed by atoms with Crippen molar-refractivity contribution in [3.63, 3.8) is 0 Å². The maximum Gasteiger partial charge on any atom is 0.230 e. The fourth-order valence-electron chi connectivity index (χ4n) is 3.55. The van der Waals surface area contributed by atoms with E-state index in [1.165, 1.54) is 30.0 Å². The molecule has 4 rings (SSSR count). The number of carbonyl (C=O) groups is 1. The van der Waals surface area contributed by atoms with Crippen LogP contribution in [0, 0.1) is 20.8 Å². The molecule has 8 heteroatoms. The highest BCUT2D eigenvalue weighted by Crippen LogP contribution is 2.38. The molecule has 0 spiro atoms. The van der Waals surface area contributed by atoms with Crippen LogP contribution in [0.15, 0.2) is 59.1 Å². The molecule has 1 amide bonds. The first kappa shape index (κ1) is 23.4. The summed E-state index contributed by atoms with van der Waals surface area (Å²) in [6, 6.07) is 15.9. The van der Waals surface area contributed by atoms with Crippen molar-refractivity contribution in [1.82, 2.24) is 15.0 Å². The van der Waals surface area contributed by atoms with Crippen molar-refractivity contribution in [1.29, 1.82) is 0 Å². The Balaban J connectivity index is 1.56. The van der Waals surface area contributed by atoms with E-state index in [2.05, 4.69) is 4.98 Å². The molecule has 0 radical (unpaired) electrons. The maximum absolute atomic E-state index is 12.5. The highest BCUT2D eigenvalue weighted by molar-refractivity contribution is 7.98. The summed E-state index contributed by atoms with van der Waals surface area (Å²) in [5, 5.41) is 3.80. The van der Waals surface area contributed by atoms with Crippen molar-refractivity contribution in [2.45, 2.75) is 38.6 Å². The Morgan fingerprint density at radius 3 is 2.52 bits per heavy atom. The lowest BCUT2D eigenvalue weighted by atomic mass is 10.1. The summed E-state index contributed by atoms with van der Waals surface area (Å²) in [5.41, 5.74) is 6.39. The van der Waals surface area contributed by atoms with E-state index in [9.17, 15) is 4.79 Å². The molecule has 2 heterocycles. The van der Waals surface area contributed by atoms with Crippen LogP contribution < -0.4 is 4.90 Å². The number of hydrogen-bond donors (Lipinski definition) is 0. The molecule has 0 saturated carbocycles. The van der Waals surface area contributed by atoms with Gasteiger partial charge in [-0.3, -0.25) is 9.69 Å². The van der Waals surface area contributed by atoms with Gasteiger partial charge in [0.25, 0.3) is 0 Å². The summed E-state index contributed by atoms with van der Waals surface area (Å²) in [5.74, 6) is 0.465. The molecule has 0 aliphatic heterocycles. The van der Waals surface area contributed by atoms with Gasteiger partial charge in [0.2, 0.25) is 5.91 Å². The zero-order valence-corrected chi connectivity index (χ0v) is 21.2. The Morgan fingerprint density at radius 1 is 1.06 bits per heavy atom. The number of hydrogen-bond acceptors (Lipinski definition) is 6. The Bertz CT molecular complexity index is 1280. The normalized spacial score (nSPS) is 10.9. The Labute approximate surface area is 206 Å². The van der Waals surface area contributed by atoms with E-state index in [0.29, 0.717) is 26.8 Å². The average molecular weight is 495 g/mol. The lowest BCUT2D eigenvalue weighted by Crippen LogP contribution is -2.24. The third kappa shape index (κ3) is 5.43. The van der Waals surface area contributed by atoms with Crippen LogP contribution in [0.1, 0.15) is 29.4 Å². The van der Waals surface area contributed by atoms with Gasteiger partial charge < -0.3 is 0 Å². The van der Waals surface area contributed by atoms with Crippen molar-refractivity contribution < 1.29 is 4.79 Å². The summed E-state index contributed by atoms with van der Waals surface area (Å²) in [6.45, 7) is 7.43. The maximum atomic E-state index is 12.5. The smallest absolute Gasteiger partial charge is 0.230 e. The summed E-state index contributed by atoms with van der Waals surface area (Å²) in [6.07, 6.45) is 0. The predicted octanol–water partition coefficient (Wildman–Crippen LogP) is 7.16. The van der Waals surface area contributed by atoms with Gasteiger partial charge in [-0.25, -0.2) is 15.0 Å².